The summed E-state index contributed by atoms with van der Waals surface area (Å²) in [5.74, 6) is -0.0138. The first-order valence-electron chi connectivity index (χ1n) is 9.00. The third-order valence-corrected chi connectivity index (χ3v) is 5.15. The Balaban J connectivity index is 1.79. The summed E-state index contributed by atoms with van der Waals surface area (Å²) in [5, 5.41) is 15.7. The van der Waals surface area contributed by atoms with Crippen molar-refractivity contribution in [3.05, 3.63) is 70.2 Å². The molecule has 0 amide bonds. The number of aromatic amines is 1. The number of H-pyrrole nitrogens is 1. The minimum absolute atomic E-state index is 0.0138. The summed E-state index contributed by atoms with van der Waals surface area (Å²) in [6.07, 6.45) is 0.634. The van der Waals surface area contributed by atoms with Gasteiger partial charge in [0.25, 0.3) is 0 Å². The second-order valence-electron chi connectivity index (χ2n) is 6.63. The van der Waals surface area contributed by atoms with Gasteiger partial charge in [0, 0.05) is 49.8 Å². The van der Waals surface area contributed by atoms with Crippen molar-refractivity contribution in [2.45, 2.75) is 6.42 Å². The molecular weight excluding hydrogens is 409 g/mol. The zero-order chi connectivity index (χ0) is 20.4. The number of aliphatic imine (C=N–C) groups is 1. The predicted octanol–water partition coefficient (Wildman–Crippen LogP) is 5.21. The van der Waals surface area contributed by atoms with E-state index in [-0.39, 0.29) is 5.96 Å². The molecule has 0 saturated carbocycles. The summed E-state index contributed by atoms with van der Waals surface area (Å²) >= 11 is 12.2. The van der Waals surface area contributed by atoms with Crippen LogP contribution in [0.15, 0.2) is 59.6 Å². The summed E-state index contributed by atoms with van der Waals surface area (Å²) in [4.78, 5) is 7.58. The van der Waals surface area contributed by atoms with Gasteiger partial charge in [-0.1, -0.05) is 23.2 Å². The highest BCUT2D eigenvalue weighted by atomic mass is 35.5. The fourth-order valence-corrected chi connectivity index (χ4v) is 3.64. The van der Waals surface area contributed by atoms with Gasteiger partial charge in [-0.15, -0.1) is 0 Å². The van der Waals surface area contributed by atoms with Gasteiger partial charge in [-0.3, -0.25) is 10.2 Å². The second-order valence-corrected chi connectivity index (χ2v) is 7.51. The average molecular weight is 428 g/mol. The van der Waals surface area contributed by atoms with E-state index in [1.165, 1.54) is 0 Å². The quantitative estimate of drug-likeness (QED) is 0.171. The highest BCUT2D eigenvalue weighted by molar-refractivity contribution is 6.32. The van der Waals surface area contributed by atoms with Crippen molar-refractivity contribution in [2.24, 2.45) is 10.7 Å². The Morgan fingerprint density at radius 2 is 1.72 bits per heavy atom. The molecule has 0 aliphatic heterocycles. The number of nitrogens with zero attached hydrogens (tertiary/aromatic N) is 1. The number of rotatable bonds is 5. The van der Waals surface area contributed by atoms with Gasteiger partial charge < -0.3 is 16.0 Å². The molecule has 148 valence electrons. The van der Waals surface area contributed by atoms with E-state index in [4.69, 9.17) is 34.1 Å². The maximum absolute atomic E-state index is 8.81. The van der Waals surface area contributed by atoms with Gasteiger partial charge in [-0.2, -0.15) is 0 Å². The van der Waals surface area contributed by atoms with E-state index in [1.54, 1.807) is 0 Å². The van der Waals surface area contributed by atoms with Gasteiger partial charge in [0.1, 0.15) is 0 Å². The molecule has 4 aromatic rings. The van der Waals surface area contributed by atoms with E-state index >= 15 is 0 Å². The first-order chi connectivity index (χ1) is 14.0. The average Bonchev–Trinajstić information content (AvgIpc) is 3.07. The molecule has 6 N–H and O–H groups in total. The first kappa shape index (κ1) is 19.4. The molecule has 0 spiro atoms. The smallest absolute Gasteiger partial charge is 0.212 e. The predicted molar refractivity (Wildman–Crippen MR) is 121 cm³/mol. The lowest BCUT2D eigenvalue weighted by atomic mass is 10.0. The number of anilines is 2. The molecule has 0 bridgehead atoms. The maximum atomic E-state index is 8.81. The molecule has 29 heavy (non-hydrogen) atoms. The molecule has 0 saturated heterocycles. The maximum Gasteiger partial charge on any atom is 0.212 e. The highest BCUT2D eigenvalue weighted by Gasteiger charge is 2.11. The van der Waals surface area contributed by atoms with Crippen LogP contribution >= 0.6 is 23.2 Å². The molecule has 3 aromatic carbocycles. The fourth-order valence-electron chi connectivity index (χ4n) is 3.35. The number of aromatic nitrogens is 1. The van der Waals surface area contributed by atoms with Crippen LogP contribution in [0.2, 0.25) is 10.0 Å². The van der Waals surface area contributed by atoms with Crippen molar-refractivity contribution in [1.82, 2.24) is 10.5 Å². The number of nitrogens with one attached hydrogen (secondary N) is 3. The van der Waals surface area contributed by atoms with Crippen molar-refractivity contribution in [1.29, 1.82) is 0 Å². The van der Waals surface area contributed by atoms with Crippen LogP contribution in [0.25, 0.3) is 21.8 Å². The minimum atomic E-state index is -0.0138. The normalized spacial score (nSPS) is 11.9. The van der Waals surface area contributed by atoms with Crippen LogP contribution in [0.3, 0.4) is 0 Å². The molecule has 8 heteroatoms. The Bertz CT molecular complexity index is 1200. The van der Waals surface area contributed by atoms with Crippen molar-refractivity contribution < 1.29 is 5.21 Å². The lowest BCUT2D eigenvalue weighted by Gasteiger charge is -2.10. The van der Waals surface area contributed by atoms with E-state index in [0.717, 1.165) is 38.7 Å². The number of hydrogen-bond acceptors (Lipinski definition) is 3. The molecule has 4 rings (SSSR count). The van der Waals surface area contributed by atoms with Gasteiger partial charge in [0.15, 0.2) is 0 Å². The van der Waals surface area contributed by atoms with E-state index < -0.39 is 0 Å². The monoisotopic (exact) mass is 427 g/mol. The van der Waals surface area contributed by atoms with Crippen LogP contribution in [0, 0.1) is 0 Å². The third kappa shape index (κ3) is 4.24. The van der Waals surface area contributed by atoms with Gasteiger partial charge in [-0.05, 0) is 66.6 Å². The van der Waals surface area contributed by atoms with Crippen LogP contribution in [0.1, 0.15) is 5.56 Å². The zero-order valence-electron chi connectivity index (χ0n) is 15.3. The summed E-state index contributed by atoms with van der Waals surface area (Å²) < 4.78 is 0. The fraction of sp³-hybridized carbons (Fsp3) is 0.0952. The van der Waals surface area contributed by atoms with Gasteiger partial charge in [0.05, 0.1) is 0 Å². The van der Waals surface area contributed by atoms with Gasteiger partial charge in [0.2, 0.25) is 5.96 Å². The molecule has 0 atom stereocenters. The number of hydrogen-bond donors (Lipinski definition) is 5. The van der Waals surface area contributed by atoms with Crippen molar-refractivity contribution >= 4 is 62.3 Å². The first-order valence-corrected chi connectivity index (χ1v) is 9.75. The standard InChI is InChI=1S/C21H19Cl2N5O/c22-13-1-4-15(5-2-13)26-16-9-12(7-8-25-21(24)28-29)20-18(11-16)17-10-14(23)3-6-19(17)27-20/h1-6,9-11,26-27,29H,7-8H2,(H3,24,25,28). The van der Waals surface area contributed by atoms with Gasteiger partial charge in [-0.25, -0.2) is 5.48 Å². The topological polar surface area (TPSA) is 98.5 Å². The molecule has 1 aromatic heterocycles. The van der Waals surface area contributed by atoms with Crippen LogP contribution < -0.4 is 16.5 Å². The number of guanidine groups is 1. The lowest BCUT2D eigenvalue weighted by Crippen LogP contribution is -2.28. The largest absolute Gasteiger partial charge is 0.368 e. The van der Waals surface area contributed by atoms with Crippen molar-refractivity contribution in [3.8, 4) is 0 Å². The zero-order valence-corrected chi connectivity index (χ0v) is 16.8. The molecule has 1 heterocycles. The Labute approximate surface area is 177 Å². The Morgan fingerprint density at radius 3 is 2.48 bits per heavy atom. The Morgan fingerprint density at radius 1 is 0.966 bits per heavy atom. The van der Waals surface area contributed by atoms with Gasteiger partial charge >= 0.3 is 0 Å². The Kier molecular flexibility index (Phi) is 5.49. The van der Waals surface area contributed by atoms with Crippen molar-refractivity contribution in [2.75, 3.05) is 11.9 Å². The number of hydroxylamine groups is 1. The molecule has 0 aliphatic rings. The third-order valence-electron chi connectivity index (χ3n) is 4.66. The Hall–Kier alpha value is -2.93. The molecule has 6 nitrogen and oxygen atoms in total. The van der Waals surface area contributed by atoms with Crippen LogP contribution in [0.4, 0.5) is 11.4 Å². The molecule has 0 radical (unpaired) electrons. The number of halogens is 2. The van der Waals surface area contributed by atoms with Crippen molar-refractivity contribution in [3.63, 3.8) is 0 Å². The summed E-state index contributed by atoms with van der Waals surface area (Å²) in [7, 11) is 0. The molecular formula is C21H19Cl2N5O. The van der Waals surface area contributed by atoms with Crippen LogP contribution in [-0.2, 0) is 6.42 Å². The molecule has 0 fully saturated rings. The molecule has 0 aliphatic carbocycles. The highest BCUT2D eigenvalue weighted by Crippen LogP contribution is 2.33. The SMILES string of the molecule is NC(=NCCc1cc(Nc2ccc(Cl)cc2)cc2c1[nH]c1ccc(Cl)cc12)NO. The number of fused-ring (bicyclic) bond motifs is 3. The number of nitrogens with two attached hydrogens (primary N) is 1. The van der Waals surface area contributed by atoms with E-state index in [9.17, 15) is 0 Å². The van der Waals surface area contributed by atoms with E-state index in [1.807, 2.05) is 47.9 Å². The van der Waals surface area contributed by atoms with E-state index in [2.05, 4.69) is 27.4 Å². The summed E-state index contributed by atoms with van der Waals surface area (Å²) in [6.45, 7) is 0.426. The van der Waals surface area contributed by atoms with Crippen LogP contribution in [0.5, 0.6) is 0 Å². The number of benzene rings is 3. The molecule has 0 unspecified atom stereocenters. The second kappa shape index (κ2) is 8.21. The lowest BCUT2D eigenvalue weighted by molar-refractivity contribution is 0.232. The van der Waals surface area contributed by atoms with Crippen LogP contribution in [-0.4, -0.2) is 22.7 Å². The van der Waals surface area contributed by atoms with E-state index in [0.29, 0.717) is 23.0 Å². The minimum Gasteiger partial charge on any atom is -0.368 e. The summed E-state index contributed by atoms with van der Waals surface area (Å²) in [5.41, 5.74) is 12.3. The summed E-state index contributed by atoms with van der Waals surface area (Å²) in [6, 6.07) is 17.5.